The van der Waals surface area contributed by atoms with Crippen molar-refractivity contribution in [2.24, 2.45) is 5.73 Å². The van der Waals surface area contributed by atoms with Gasteiger partial charge in [0.05, 0.1) is 5.02 Å². The van der Waals surface area contributed by atoms with Gasteiger partial charge in [-0.1, -0.05) is 29.4 Å². The van der Waals surface area contributed by atoms with Gasteiger partial charge in [0, 0.05) is 22.0 Å². The monoisotopic (exact) mass is 284 g/mol. The van der Waals surface area contributed by atoms with Crippen molar-refractivity contribution in [3.63, 3.8) is 0 Å². The third kappa shape index (κ3) is 3.22. The Labute approximate surface area is 114 Å². The molecule has 0 aliphatic carbocycles. The number of hydrogen-bond donors (Lipinski definition) is 1. The number of nitrogens with zero attached hydrogens (tertiary/aromatic N) is 1. The van der Waals surface area contributed by atoms with Crippen LogP contribution in [0.4, 0.5) is 0 Å². The Morgan fingerprint density at radius 1 is 1.47 bits per heavy atom. The fourth-order valence-corrected chi connectivity index (χ4v) is 3.46. The molecule has 0 spiro atoms. The van der Waals surface area contributed by atoms with E-state index in [4.69, 9.17) is 17.3 Å². The summed E-state index contributed by atoms with van der Waals surface area (Å²) in [5, 5.41) is 2.77. The van der Waals surface area contributed by atoms with Crippen LogP contribution in [0.2, 0.25) is 5.02 Å². The lowest BCUT2D eigenvalue weighted by atomic mass is 10.1. The van der Waals surface area contributed by atoms with Crippen LogP contribution in [0.25, 0.3) is 0 Å². The molecule has 0 fully saturated rings. The minimum absolute atomic E-state index is 0.00802. The van der Waals surface area contributed by atoms with E-state index in [-0.39, 0.29) is 6.04 Å². The number of halogens is 1. The van der Waals surface area contributed by atoms with Gasteiger partial charge in [-0.3, -0.25) is 0 Å². The molecule has 1 heterocycles. The Hall–Kier alpha value is -0.550. The maximum atomic E-state index is 6.23. The molecule has 1 unspecified atom stereocenters. The van der Waals surface area contributed by atoms with Crippen LogP contribution >= 0.6 is 34.7 Å². The first-order chi connectivity index (χ1) is 8.06. The zero-order chi connectivity index (χ0) is 12.4. The third-order valence-electron chi connectivity index (χ3n) is 2.28. The lowest BCUT2D eigenvalue weighted by Gasteiger charge is -2.08. The molecule has 0 radical (unpaired) electrons. The molecule has 5 heteroatoms. The van der Waals surface area contributed by atoms with Gasteiger partial charge in [0.25, 0.3) is 0 Å². The summed E-state index contributed by atoms with van der Waals surface area (Å²) in [6.45, 7) is 3.93. The summed E-state index contributed by atoms with van der Waals surface area (Å²) in [4.78, 5) is 5.42. The quantitative estimate of drug-likeness (QED) is 0.914. The second-order valence-corrected chi connectivity index (χ2v) is 6.39. The summed E-state index contributed by atoms with van der Waals surface area (Å²) >= 11 is 9.45. The Balaban J connectivity index is 2.22. The highest BCUT2D eigenvalue weighted by molar-refractivity contribution is 8.01. The fraction of sp³-hybridized carbons (Fsp3) is 0.250. The molecule has 2 N–H and O–H groups in total. The van der Waals surface area contributed by atoms with E-state index in [1.165, 1.54) is 0 Å². The highest BCUT2D eigenvalue weighted by Gasteiger charge is 2.08. The van der Waals surface area contributed by atoms with Crippen molar-refractivity contribution in [2.45, 2.75) is 29.1 Å². The van der Waals surface area contributed by atoms with E-state index >= 15 is 0 Å². The van der Waals surface area contributed by atoms with Crippen molar-refractivity contribution < 1.29 is 0 Å². The maximum absolute atomic E-state index is 6.23. The van der Waals surface area contributed by atoms with Crippen molar-refractivity contribution in [2.75, 3.05) is 0 Å². The molecule has 2 aromatic rings. The van der Waals surface area contributed by atoms with Crippen molar-refractivity contribution in [3.05, 3.63) is 39.9 Å². The van der Waals surface area contributed by atoms with Crippen molar-refractivity contribution >= 4 is 34.7 Å². The Morgan fingerprint density at radius 2 is 2.24 bits per heavy atom. The highest BCUT2D eigenvalue weighted by Crippen LogP contribution is 2.35. The van der Waals surface area contributed by atoms with Gasteiger partial charge < -0.3 is 5.73 Å². The van der Waals surface area contributed by atoms with Crippen LogP contribution in [0, 0.1) is 6.92 Å². The molecule has 90 valence electrons. The van der Waals surface area contributed by atoms with Gasteiger partial charge in [0.1, 0.15) is 0 Å². The van der Waals surface area contributed by atoms with E-state index in [2.05, 4.69) is 4.98 Å². The average molecular weight is 285 g/mol. The van der Waals surface area contributed by atoms with Gasteiger partial charge in [0.15, 0.2) is 4.34 Å². The number of hydrogen-bond acceptors (Lipinski definition) is 4. The molecular formula is C12H13ClN2S2. The lowest BCUT2D eigenvalue weighted by molar-refractivity contribution is 0.817. The molecule has 2 rings (SSSR count). The molecule has 17 heavy (non-hydrogen) atoms. The Bertz CT molecular complexity index is 523. The maximum Gasteiger partial charge on any atom is 0.154 e. The minimum atomic E-state index is 0.00802. The second kappa shape index (κ2) is 5.40. The molecule has 0 aliphatic rings. The summed E-state index contributed by atoms with van der Waals surface area (Å²) < 4.78 is 1.01. The Morgan fingerprint density at radius 3 is 2.76 bits per heavy atom. The number of aromatic nitrogens is 1. The molecular weight excluding hydrogens is 272 g/mol. The van der Waals surface area contributed by atoms with Crippen molar-refractivity contribution in [1.82, 2.24) is 4.98 Å². The van der Waals surface area contributed by atoms with E-state index in [0.29, 0.717) is 0 Å². The SMILES string of the molecule is Cc1csc(Sc2ccc(C(C)N)cc2Cl)n1. The number of nitrogens with two attached hydrogens (primary N) is 1. The molecule has 1 aromatic heterocycles. The van der Waals surface area contributed by atoms with E-state index in [1.54, 1.807) is 23.1 Å². The summed E-state index contributed by atoms with van der Waals surface area (Å²) in [5.41, 5.74) is 7.91. The van der Waals surface area contributed by atoms with Crippen molar-refractivity contribution in [1.29, 1.82) is 0 Å². The first-order valence-corrected chi connectivity index (χ1v) is 7.28. The first-order valence-electron chi connectivity index (χ1n) is 5.21. The molecule has 0 saturated carbocycles. The summed E-state index contributed by atoms with van der Waals surface area (Å²) in [6.07, 6.45) is 0. The van der Waals surface area contributed by atoms with Crippen molar-refractivity contribution in [3.8, 4) is 0 Å². The molecule has 1 atom stereocenters. The Kier molecular flexibility index (Phi) is 4.09. The molecule has 1 aromatic carbocycles. The van der Waals surface area contributed by atoms with E-state index in [1.807, 2.05) is 37.4 Å². The van der Waals surface area contributed by atoms with Gasteiger partial charge in [0.2, 0.25) is 0 Å². The van der Waals surface area contributed by atoms with Gasteiger partial charge in [-0.2, -0.15) is 0 Å². The van der Waals surface area contributed by atoms with Crippen LogP contribution in [0.1, 0.15) is 24.2 Å². The minimum Gasteiger partial charge on any atom is -0.324 e. The van der Waals surface area contributed by atoms with Crippen LogP contribution in [-0.2, 0) is 0 Å². The van der Waals surface area contributed by atoms with Crippen LogP contribution < -0.4 is 5.73 Å². The zero-order valence-corrected chi connectivity index (χ0v) is 12.0. The van der Waals surface area contributed by atoms with E-state index in [9.17, 15) is 0 Å². The molecule has 2 nitrogen and oxygen atoms in total. The van der Waals surface area contributed by atoms with Crippen LogP contribution in [0.15, 0.2) is 32.8 Å². The van der Waals surface area contributed by atoms with Gasteiger partial charge in [-0.25, -0.2) is 4.98 Å². The second-order valence-electron chi connectivity index (χ2n) is 3.84. The number of aryl methyl sites for hydroxylation is 1. The normalized spacial score (nSPS) is 12.7. The van der Waals surface area contributed by atoms with Gasteiger partial charge in [-0.05, 0) is 31.5 Å². The predicted octanol–water partition coefficient (Wildman–Crippen LogP) is 4.28. The third-order valence-corrected chi connectivity index (χ3v) is 4.83. The van der Waals surface area contributed by atoms with Crippen LogP contribution in [0.3, 0.4) is 0 Å². The smallest absolute Gasteiger partial charge is 0.154 e. The molecule has 0 aliphatic heterocycles. The summed E-state index contributed by atoms with van der Waals surface area (Å²) in [7, 11) is 0. The van der Waals surface area contributed by atoms with Gasteiger partial charge in [-0.15, -0.1) is 11.3 Å². The summed E-state index contributed by atoms with van der Waals surface area (Å²) in [5.74, 6) is 0. The zero-order valence-electron chi connectivity index (χ0n) is 9.61. The standard InChI is InChI=1S/C12H13ClN2S2/c1-7-6-16-12(15-7)17-11-4-3-9(8(2)14)5-10(11)13/h3-6,8H,14H2,1-2H3. The largest absolute Gasteiger partial charge is 0.324 e. The van der Waals surface area contributed by atoms with Crippen LogP contribution in [0.5, 0.6) is 0 Å². The molecule has 0 saturated heterocycles. The predicted molar refractivity (Wildman–Crippen MR) is 75.0 cm³/mol. The van der Waals surface area contributed by atoms with Gasteiger partial charge >= 0.3 is 0 Å². The average Bonchev–Trinajstić information content (AvgIpc) is 2.67. The summed E-state index contributed by atoms with van der Waals surface area (Å²) in [6, 6.07) is 5.95. The number of rotatable bonds is 3. The molecule has 0 amide bonds. The van der Waals surface area contributed by atoms with E-state index in [0.717, 1.165) is 25.5 Å². The van der Waals surface area contributed by atoms with E-state index < -0.39 is 0 Å². The fourth-order valence-electron chi connectivity index (χ4n) is 1.36. The topological polar surface area (TPSA) is 38.9 Å². The number of thiazole rings is 1. The lowest BCUT2D eigenvalue weighted by Crippen LogP contribution is -2.04. The highest BCUT2D eigenvalue weighted by atomic mass is 35.5. The van der Waals surface area contributed by atoms with Crippen LogP contribution in [-0.4, -0.2) is 4.98 Å². The molecule has 0 bridgehead atoms. The first kappa shape index (κ1) is 12.9. The number of benzene rings is 1.